The molecule has 5 rings (SSSR count). The lowest BCUT2D eigenvalue weighted by Gasteiger charge is -2.26. The van der Waals surface area contributed by atoms with Gasteiger partial charge in [-0.25, -0.2) is 15.0 Å². The molecule has 7 heteroatoms. The van der Waals surface area contributed by atoms with Crippen LogP contribution in [0.1, 0.15) is 43.7 Å². The molecular weight excluding hydrogens is 400 g/mol. The number of nitrogens with one attached hydrogen (secondary N) is 1. The van der Waals surface area contributed by atoms with Gasteiger partial charge in [-0.05, 0) is 62.3 Å². The largest absolute Gasteiger partial charge is 0.474 e. The molecule has 0 saturated heterocycles. The minimum atomic E-state index is 0.270. The molecule has 0 unspecified atom stereocenters. The van der Waals surface area contributed by atoms with Crippen molar-refractivity contribution in [2.45, 2.75) is 45.6 Å². The monoisotopic (exact) mass is 424 g/mol. The first-order valence-electron chi connectivity index (χ1n) is 10.9. The number of nitriles is 1. The summed E-state index contributed by atoms with van der Waals surface area (Å²) in [6.45, 7) is 4.33. The summed E-state index contributed by atoms with van der Waals surface area (Å²) in [7, 11) is 0. The summed E-state index contributed by atoms with van der Waals surface area (Å²) in [5.41, 5.74) is 5.52. The van der Waals surface area contributed by atoms with Crippen molar-refractivity contribution in [2.24, 2.45) is 5.92 Å². The number of imidazole rings is 1. The molecule has 0 aliphatic heterocycles. The van der Waals surface area contributed by atoms with E-state index in [2.05, 4.69) is 37.9 Å². The smallest absolute Gasteiger partial charge is 0.213 e. The van der Waals surface area contributed by atoms with E-state index in [0.29, 0.717) is 22.9 Å². The van der Waals surface area contributed by atoms with Crippen LogP contribution in [0.3, 0.4) is 0 Å². The Balaban J connectivity index is 1.34. The second-order valence-electron chi connectivity index (χ2n) is 8.56. The Morgan fingerprint density at radius 1 is 1.03 bits per heavy atom. The molecule has 1 N–H and O–H groups in total. The van der Waals surface area contributed by atoms with Crippen molar-refractivity contribution in [2.75, 3.05) is 0 Å². The molecule has 32 heavy (non-hydrogen) atoms. The highest BCUT2D eigenvalue weighted by Gasteiger charge is 2.20. The molecule has 1 aliphatic rings. The van der Waals surface area contributed by atoms with Gasteiger partial charge in [0, 0.05) is 35.8 Å². The van der Waals surface area contributed by atoms with Gasteiger partial charge in [0.25, 0.3) is 0 Å². The van der Waals surface area contributed by atoms with Gasteiger partial charge >= 0.3 is 0 Å². The number of rotatable bonds is 4. The van der Waals surface area contributed by atoms with Crippen molar-refractivity contribution >= 4 is 11.2 Å². The minimum absolute atomic E-state index is 0.270. The molecule has 0 aromatic carbocycles. The van der Waals surface area contributed by atoms with E-state index in [-0.39, 0.29) is 6.10 Å². The highest BCUT2D eigenvalue weighted by Crippen LogP contribution is 2.29. The molecular formula is C25H24N6O. The summed E-state index contributed by atoms with van der Waals surface area (Å²) in [6, 6.07) is 9.80. The van der Waals surface area contributed by atoms with Crippen LogP contribution >= 0.6 is 0 Å². The zero-order valence-corrected chi connectivity index (χ0v) is 18.2. The van der Waals surface area contributed by atoms with Crippen LogP contribution in [-0.4, -0.2) is 31.0 Å². The average molecular weight is 425 g/mol. The van der Waals surface area contributed by atoms with Crippen molar-refractivity contribution in [3.05, 3.63) is 54.0 Å². The van der Waals surface area contributed by atoms with Crippen LogP contribution in [0.25, 0.3) is 33.8 Å². The number of hydrogen-bond acceptors (Lipinski definition) is 6. The Labute approximate surface area is 186 Å². The third kappa shape index (κ3) is 4.04. The molecule has 4 aromatic heterocycles. The summed E-state index contributed by atoms with van der Waals surface area (Å²) < 4.78 is 6.07. The molecule has 0 atom stereocenters. The van der Waals surface area contributed by atoms with Gasteiger partial charge in [-0.3, -0.25) is 4.98 Å². The Bertz CT molecular complexity index is 1300. The molecule has 4 heterocycles. The Morgan fingerprint density at radius 2 is 1.88 bits per heavy atom. The van der Waals surface area contributed by atoms with E-state index < -0.39 is 0 Å². The highest BCUT2D eigenvalue weighted by atomic mass is 16.5. The molecule has 1 aliphatic carbocycles. The van der Waals surface area contributed by atoms with Gasteiger partial charge in [-0.15, -0.1) is 0 Å². The van der Waals surface area contributed by atoms with Crippen molar-refractivity contribution in [1.29, 1.82) is 5.26 Å². The summed E-state index contributed by atoms with van der Waals surface area (Å²) in [5.74, 6) is 2.16. The van der Waals surface area contributed by atoms with E-state index in [4.69, 9.17) is 10.00 Å². The number of pyridine rings is 3. The maximum absolute atomic E-state index is 9.07. The van der Waals surface area contributed by atoms with Crippen molar-refractivity contribution < 1.29 is 4.74 Å². The maximum atomic E-state index is 9.07. The van der Waals surface area contributed by atoms with Crippen LogP contribution in [-0.2, 0) is 0 Å². The zero-order chi connectivity index (χ0) is 22.1. The minimum Gasteiger partial charge on any atom is -0.474 e. The van der Waals surface area contributed by atoms with Crippen LogP contribution in [0.15, 0.2) is 42.9 Å². The number of fused-ring (bicyclic) bond motifs is 1. The average Bonchev–Trinajstić information content (AvgIpc) is 3.24. The molecule has 0 radical (unpaired) electrons. The van der Waals surface area contributed by atoms with E-state index in [0.717, 1.165) is 46.7 Å². The number of aryl methyl sites for hydroxylation is 1. The molecule has 1 saturated carbocycles. The van der Waals surface area contributed by atoms with Gasteiger partial charge in [-0.2, -0.15) is 5.26 Å². The van der Waals surface area contributed by atoms with Gasteiger partial charge in [0.15, 0.2) is 5.65 Å². The van der Waals surface area contributed by atoms with Gasteiger partial charge in [-0.1, -0.05) is 6.92 Å². The van der Waals surface area contributed by atoms with E-state index in [1.807, 2.05) is 31.3 Å². The molecule has 1 fully saturated rings. The quantitative estimate of drug-likeness (QED) is 0.482. The fraction of sp³-hybridized carbons (Fsp3) is 0.320. The maximum Gasteiger partial charge on any atom is 0.213 e. The standard InChI is InChI=1S/C25H24N6O/c1-15-3-6-19(7-4-15)32-23-8-5-18(13-28-23)21-9-16(2)20(14-27-21)24-30-22-10-17(11-26)12-29-25(22)31-24/h5,8-10,12-15,19H,3-4,6-7H2,1-2H3,(H,29,30,31)/t15-,19+. The fourth-order valence-corrected chi connectivity index (χ4v) is 4.17. The van der Waals surface area contributed by atoms with Crippen LogP contribution in [0.5, 0.6) is 5.88 Å². The summed E-state index contributed by atoms with van der Waals surface area (Å²) in [4.78, 5) is 21.2. The highest BCUT2D eigenvalue weighted by molar-refractivity contribution is 5.78. The predicted octanol–water partition coefficient (Wildman–Crippen LogP) is 5.22. The Kier molecular flexibility index (Phi) is 5.28. The second-order valence-corrected chi connectivity index (χ2v) is 8.56. The third-order valence-electron chi connectivity index (χ3n) is 6.11. The second kappa shape index (κ2) is 8.39. The summed E-state index contributed by atoms with van der Waals surface area (Å²) in [6.07, 6.45) is 10.1. The summed E-state index contributed by atoms with van der Waals surface area (Å²) >= 11 is 0. The Morgan fingerprint density at radius 3 is 2.59 bits per heavy atom. The molecule has 0 amide bonds. The van der Waals surface area contributed by atoms with Crippen LogP contribution in [0.4, 0.5) is 0 Å². The molecule has 0 bridgehead atoms. The fourth-order valence-electron chi connectivity index (χ4n) is 4.17. The van der Waals surface area contributed by atoms with E-state index >= 15 is 0 Å². The van der Waals surface area contributed by atoms with Gasteiger partial charge in [0.2, 0.25) is 5.88 Å². The number of aromatic amines is 1. The first-order chi connectivity index (χ1) is 15.6. The lowest BCUT2D eigenvalue weighted by atomic mass is 9.89. The first kappa shape index (κ1) is 20.1. The SMILES string of the molecule is Cc1cc(-c2ccc(O[C@H]3CC[C@@H](C)CC3)nc2)ncc1-c1nc2ncc(C#N)cc2[nH]1. The topological polar surface area (TPSA) is 100 Å². The Hall–Kier alpha value is -3.79. The van der Waals surface area contributed by atoms with Crippen LogP contribution in [0, 0.1) is 24.2 Å². The summed E-state index contributed by atoms with van der Waals surface area (Å²) in [5, 5.41) is 9.07. The van der Waals surface area contributed by atoms with Crippen molar-refractivity contribution in [1.82, 2.24) is 24.9 Å². The number of ether oxygens (including phenoxy) is 1. The predicted molar refractivity (Wildman–Crippen MR) is 122 cm³/mol. The first-order valence-corrected chi connectivity index (χ1v) is 10.9. The molecule has 0 spiro atoms. The molecule has 7 nitrogen and oxygen atoms in total. The van der Waals surface area contributed by atoms with E-state index in [1.54, 1.807) is 12.3 Å². The van der Waals surface area contributed by atoms with Gasteiger partial charge in [0.05, 0.1) is 16.8 Å². The lowest BCUT2D eigenvalue weighted by molar-refractivity contribution is 0.130. The molecule has 160 valence electrons. The van der Waals surface area contributed by atoms with E-state index in [9.17, 15) is 0 Å². The van der Waals surface area contributed by atoms with Crippen LogP contribution in [0.2, 0.25) is 0 Å². The van der Waals surface area contributed by atoms with E-state index in [1.165, 1.54) is 19.0 Å². The van der Waals surface area contributed by atoms with Crippen LogP contribution < -0.4 is 4.74 Å². The molecule has 4 aromatic rings. The normalized spacial score (nSPS) is 18.4. The van der Waals surface area contributed by atoms with Crippen molar-refractivity contribution in [3.8, 4) is 34.6 Å². The number of nitrogens with zero attached hydrogens (tertiary/aromatic N) is 5. The van der Waals surface area contributed by atoms with Gasteiger partial charge < -0.3 is 9.72 Å². The number of H-pyrrole nitrogens is 1. The zero-order valence-electron chi connectivity index (χ0n) is 18.2. The van der Waals surface area contributed by atoms with Crippen molar-refractivity contribution in [3.63, 3.8) is 0 Å². The number of aromatic nitrogens is 5. The van der Waals surface area contributed by atoms with Gasteiger partial charge in [0.1, 0.15) is 18.0 Å². The lowest BCUT2D eigenvalue weighted by Crippen LogP contribution is -2.23. The third-order valence-corrected chi connectivity index (χ3v) is 6.11. The number of hydrogen-bond donors (Lipinski definition) is 1.